The largest absolute Gasteiger partial charge is 0.268 e. The zero-order valence-electron chi connectivity index (χ0n) is 10.8. The van der Waals surface area contributed by atoms with E-state index in [1.807, 2.05) is 24.3 Å². The lowest BCUT2D eigenvalue weighted by Gasteiger charge is -2.10. The van der Waals surface area contributed by atoms with E-state index in [0.717, 1.165) is 9.86 Å². The van der Waals surface area contributed by atoms with Gasteiger partial charge in [0.1, 0.15) is 0 Å². The van der Waals surface area contributed by atoms with E-state index in [4.69, 9.17) is 0 Å². The molecule has 1 heterocycles. The van der Waals surface area contributed by atoms with Gasteiger partial charge in [0.05, 0.1) is 10.4 Å². The molecule has 0 fully saturated rings. The Labute approximate surface area is 139 Å². The highest BCUT2D eigenvalue weighted by molar-refractivity contribution is 9.10. The molecule has 0 radical (unpaired) electrons. The molecule has 21 heavy (non-hydrogen) atoms. The SMILES string of the molecule is O=S(=O)(c1ccccc1)n1c(CBr)cc2ccc(Br)cc21. The minimum atomic E-state index is -3.62. The van der Waals surface area contributed by atoms with Gasteiger partial charge < -0.3 is 0 Å². The maximum atomic E-state index is 12.9. The van der Waals surface area contributed by atoms with Crippen molar-refractivity contribution in [3.8, 4) is 0 Å². The number of hydrogen-bond acceptors (Lipinski definition) is 2. The molecule has 0 aliphatic heterocycles. The van der Waals surface area contributed by atoms with Gasteiger partial charge >= 0.3 is 0 Å². The van der Waals surface area contributed by atoms with Crippen molar-refractivity contribution in [2.24, 2.45) is 0 Å². The topological polar surface area (TPSA) is 39.1 Å². The first-order valence-electron chi connectivity index (χ1n) is 6.20. The first-order valence-corrected chi connectivity index (χ1v) is 9.56. The molecular formula is C15H11Br2NO2S. The third-order valence-corrected chi connectivity index (χ3v) is 6.06. The van der Waals surface area contributed by atoms with Gasteiger partial charge in [-0.1, -0.05) is 56.1 Å². The van der Waals surface area contributed by atoms with Crippen molar-refractivity contribution in [1.29, 1.82) is 0 Å². The fourth-order valence-corrected chi connectivity index (χ4v) is 4.76. The Bertz CT molecular complexity index is 902. The Hall–Kier alpha value is -1.11. The van der Waals surface area contributed by atoms with E-state index in [0.29, 0.717) is 16.5 Å². The zero-order chi connectivity index (χ0) is 15.0. The second-order valence-electron chi connectivity index (χ2n) is 4.55. The molecular weight excluding hydrogens is 418 g/mol. The Morgan fingerprint density at radius 3 is 2.38 bits per heavy atom. The Kier molecular flexibility index (Phi) is 3.94. The van der Waals surface area contributed by atoms with Crippen molar-refractivity contribution in [3.63, 3.8) is 0 Å². The molecule has 1 aromatic heterocycles. The molecule has 108 valence electrons. The summed E-state index contributed by atoms with van der Waals surface area (Å²) < 4.78 is 28.1. The van der Waals surface area contributed by atoms with Crippen LogP contribution in [0, 0.1) is 0 Å². The predicted molar refractivity (Wildman–Crippen MR) is 91.3 cm³/mol. The summed E-state index contributed by atoms with van der Waals surface area (Å²) in [6.45, 7) is 0. The number of rotatable bonds is 3. The van der Waals surface area contributed by atoms with Crippen LogP contribution in [-0.2, 0) is 15.4 Å². The number of aromatic nitrogens is 1. The summed E-state index contributed by atoms with van der Waals surface area (Å²) in [5, 5.41) is 1.36. The third-order valence-electron chi connectivity index (χ3n) is 3.21. The van der Waals surface area contributed by atoms with Crippen molar-refractivity contribution in [1.82, 2.24) is 3.97 Å². The molecule has 0 bridgehead atoms. The van der Waals surface area contributed by atoms with Gasteiger partial charge in [-0.25, -0.2) is 12.4 Å². The van der Waals surface area contributed by atoms with Crippen molar-refractivity contribution < 1.29 is 8.42 Å². The zero-order valence-corrected chi connectivity index (χ0v) is 14.8. The first-order chi connectivity index (χ1) is 10.0. The van der Waals surface area contributed by atoms with Gasteiger partial charge in [-0.2, -0.15) is 0 Å². The van der Waals surface area contributed by atoms with Crippen molar-refractivity contribution in [3.05, 3.63) is 64.8 Å². The summed E-state index contributed by atoms with van der Waals surface area (Å²) in [5.41, 5.74) is 1.37. The van der Waals surface area contributed by atoms with Gasteiger partial charge in [-0.3, -0.25) is 0 Å². The van der Waals surface area contributed by atoms with Crippen LogP contribution in [0.1, 0.15) is 5.69 Å². The van der Waals surface area contributed by atoms with E-state index in [1.54, 1.807) is 30.3 Å². The van der Waals surface area contributed by atoms with Crippen LogP contribution in [0.25, 0.3) is 10.9 Å². The van der Waals surface area contributed by atoms with Crippen LogP contribution in [0.5, 0.6) is 0 Å². The molecule has 0 atom stereocenters. The highest BCUT2D eigenvalue weighted by atomic mass is 79.9. The fourth-order valence-electron chi connectivity index (χ4n) is 2.28. The molecule has 3 nitrogen and oxygen atoms in total. The molecule has 3 rings (SSSR count). The van der Waals surface area contributed by atoms with Gasteiger partial charge in [0.25, 0.3) is 10.0 Å². The van der Waals surface area contributed by atoms with Gasteiger partial charge in [0.2, 0.25) is 0 Å². The molecule has 0 N–H and O–H groups in total. The normalized spacial score (nSPS) is 11.9. The Morgan fingerprint density at radius 2 is 1.71 bits per heavy atom. The molecule has 0 saturated heterocycles. The standard InChI is InChI=1S/C15H11Br2NO2S/c16-10-13-8-11-6-7-12(17)9-15(11)18(13)21(19,20)14-4-2-1-3-5-14/h1-9H,10H2. The summed E-state index contributed by atoms with van der Waals surface area (Å²) in [7, 11) is -3.62. The minimum absolute atomic E-state index is 0.282. The summed E-state index contributed by atoms with van der Waals surface area (Å²) in [6, 6.07) is 16.0. The number of nitrogens with zero attached hydrogens (tertiary/aromatic N) is 1. The summed E-state index contributed by atoms with van der Waals surface area (Å²) in [6.07, 6.45) is 0. The van der Waals surface area contributed by atoms with Crippen LogP contribution in [0.15, 0.2) is 64.0 Å². The predicted octanol–water partition coefficient (Wildman–Crippen LogP) is 4.54. The molecule has 0 amide bonds. The van der Waals surface area contributed by atoms with Crippen LogP contribution in [0.2, 0.25) is 0 Å². The number of hydrogen-bond donors (Lipinski definition) is 0. The molecule has 6 heteroatoms. The van der Waals surface area contributed by atoms with Crippen molar-refractivity contribution >= 4 is 52.8 Å². The van der Waals surface area contributed by atoms with Crippen LogP contribution in [0.4, 0.5) is 0 Å². The average molecular weight is 429 g/mol. The maximum Gasteiger partial charge on any atom is 0.268 e. The molecule has 0 spiro atoms. The highest BCUT2D eigenvalue weighted by Crippen LogP contribution is 2.29. The summed E-state index contributed by atoms with van der Waals surface area (Å²) in [4.78, 5) is 0.282. The minimum Gasteiger partial charge on any atom is -0.237 e. The van der Waals surface area contributed by atoms with Crippen LogP contribution >= 0.6 is 31.9 Å². The van der Waals surface area contributed by atoms with E-state index in [-0.39, 0.29) is 4.90 Å². The van der Waals surface area contributed by atoms with E-state index in [1.165, 1.54) is 3.97 Å². The summed E-state index contributed by atoms with van der Waals surface area (Å²) in [5.74, 6) is 0. The molecule has 0 unspecified atom stereocenters. The lowest BCUT2D eigenvalue weighted by Crippen LogP contribution is -2.14. The number of halogens is 2. The van der Waals surface area contributed by atoms with E-state index < -0.39 is 10.0 Å². The van der Waals surface area contributed by atoms with Crippen LogP contribution < -0.4 is 0 Å². The molecule has 0 aliphatic carbocycles. The van der Waals surface area contributed by atoms with E-state index in [9.17, 15) is 8.42 Å². The quantitative estimate of drug-likeness (QED) is 0.574. The third kappa shape index (κ3) is 2.56. The fraction of sp³-hybridized carbons (Fsp3) is 0.0667. The lowest BCUT2D eigenvalue weighted by molar-refractivity contribution is 0.588. The number of fused-ring (bicyclic) bond motifs is 1. The second-order valence-corrected chi connectivity index (χ2v) is 7.82. The Balaban J connectivity index is 2.36. The molecule has 0 aliphatic rings. The van der Waals surface area contributed by atoms with Gasteiger partial charge in [0, 0.05) is 20.9 Å². The Morgan fingerprint density at radius 1 is 1.00 bits per heavy atom. The van der Waals surface area contributed by atoms with E-state index >= 15 is 0 Å². The van der Waals surface area contributed by atoms with Crippen molar-refractivity contribution in [2.45, 2.75) is 10.2 Å². The van der Waals surface area contributed by atoms with Gasteiger partial charge in [-0.15, -0.1) is 0 Å². The molecule has 2 aromatic carbocycles. The van der Waals surface area contributed by atoms with Crippen LogP contribution in [0.3, 0.4) is 0 Å². The number of benzene rings is 2. The smallest absolute Gasteiger partial charge is 0.237 e. The number of alkyl halides is 1. The monoisotopic (exact) mass is 427 g/mol. The van der Waals surface area contributed by atoms with Gasteiger partial charge in [0.15, 0.2) is 0 Å². The van der Waals surface area contributed by atoms with Gasteiger partial charge in [-0.05, 0) is 30.3 Å². The highest BCUT2D eigenvalue weighted by Gasteiger charge is 2.22. The summed E-state index contributed by atoms with van der Waals surface area (Å²) >= 11 is 6.77. The van der Waals surface area contributed by atoms with Crippen LogP contribution in [-0.4, -0.2) is 12.4 Å². The second kappa shape index (κ2) is 5.59. The van der Waals surface area contributed by atoms with Crippen molar-refractivity contribution in [2.75, 3.05) is 0 Å². The first kappa shape index (κ1) is 14.8. The maximum absolute atomic E-state index is 12.9. The van der Waals surface area contributed by atoms with E-state index in [2.05, 4.69) is 31.9 Å². The lowest BCUT2D eigenvalue weighted by atomic mass is 10.2. The average Bonchev–Trinajstić information content (AvgIpc) is 2.86. The molecule has 3 aromatic rings. The molecule has 0 saturated carbocycles.